The van der Waals surface area contributed by atoms with Gasteiger partial charge in [-0.3, -0.25) is 9.78 Å². The van der Waals surface area contributed by atoms with Crippen LogP contribution in [0, 0.1) is 17.5 Å². The van der Waals surface area contributed by atoms with Gasteiger partial charge in [0.2, 0.25) is 0 Å². The van der Waals surface area contributed by atoms with Crippen molar-refractivity contribution in [2.45, 2.75) is 0 Å². The first-order chi connectivity index (χ1) is 13.0. The number of nitrogens with one attached hydrogen (secondary N) is 1. The number of carbonyl (C=O) groups excluding carboxylic acids is 1. The van der Waals surface area contributed by atoms with Gasteiger partial charge in [-0.05, 0) is 36.4 Å². The Morgan fingerprint density at radius 1 is 0.963 bits per heavy atom. The highest BCUT2D eigenvalue weighted by atomic mass is 19.2. The van der Waals surface area contributed by atoms with Crippen LogP contribution in [-0.4, -0.2) is 25.5 Å². The molecule has 1 N–H and O–H groups in total. The summed E-state index contributed by atoms with van der Waals surface area (Å²) in [6, 6.07) is 8.00. The van der Waals surface area contributed by atoms with Gasteiger partial charge in [0.05, 0.1) is 11.9 Å². The number of halogens is 3. The maximum absolute atomic E-state index is 14.1. The molecule has 0 spiro atoms. The van der Waals surface area contributed by atoms with Crippen LogP contribution >= 0.6 is 0 Å². The largest absolute Gasteiger partial charge is 0.320 e. The van der Waals surface area contributed by atoms with Crippen molar-refractivity contribution in [1.29, 1.82) is 0 Å². The molecule has 3 heterocycles. The Bertz CT molecular complexity index is 1160. The Kier molecular flexibility index (Phi) is 4.03. The summed E-state index contributed by atoms with van der Waals surface area (Å²) in [5, 5.41) is 6.81. The lowest BCUT2D eigenvalue weighted by Gasteiger charge is -2.07. The van der Waals surface area contributed by atoms with Gasteiger partial charge in [-0.2, -0.15) is 5.10 Å². The molecule has 0 atom stereocenters. The lowest BCUT2D eigenvalue weighted by molar-refractivity contribution is 0.102. The first-order valence-corrected chi connectivity index (χ1v) is 7.74. The first kappa shape index (κ1) is 16.7. The molecule has 0 unspecified atom stereocenters. The number of aromatic nitrogens is 4. The molecule has 0 aliphatic heterocycles. The zero-order valence-corrected chi connectivity index (χ0v) is 13.5. The molecular formula is C18H10F3N5O. The molecule has 0 fully saturated rings. The van der Waals surface area contributed by atoms with Crippen LogP contribution in [0.4, 0.5) is 18.9 Å². The second kappa shape index (κ2) is 6.52. The molecule has 0 radical (unpaired) electrons. The van der Waals surface area contributed by atoms with E-state index in [9.17, 15) is 18.0 Å². The van der Waals surface area contributed by atoms with Crippen LogP contribution in [0.2, 0.25) is 0 Å². The molecule has 9 heteroatoms. The Hall–Kier alpha value is -3.75. The maximum atomic E-state index is 14.1. The molecule has 4 rings (SSSR count). The van der Waals surface area contributed by atoms with E-state index in [4.69, 9.17) is 0 Å². The van der Waals surface area contributed by atoms with Crippen molar-refractivity contribution >= 4 is 17.2 Å². The number of amides is 1. The van der Waals surface area contributed by atoms with E-state index in [0.717, 1.165) is 12.1 Å². The summed E-state index contributed by atoms with van der Waals surface area (Å²) in [5.41, 5.74) is 0.737. The third-order valence-corrected chi connectivity index (χ3v) is 3.84. The molecule has 27 heavy (non-hydrogen) atoms. The monoisotopic (exact) mass is 369 g/mol. The van der Waals surface area contributed by atoms with E-state index in [0.29, 0.717) is 11.3 Å². The number of benzene rings is 1. The van der Waals surface area contributed by atoms with E-state index in [1.165, 1.54) is 35.2 Å². The van der Waals surface area contributed by atoms with Crippen molar-refractivity contribution in [1.82, 2.24) is 19.6 Å². The summed E-state index contributed by atoms with van der Waals surface area (Å²) in [5.74, 6) is -4.73. The third kappa shape index (κ3) is 2.99. The molecule has 0 bridgehead atoms. The van der Waals surface area contributed by atoms with Crippen molar-refractivity contribution < 1.29 is 18.0 Å². The van der Waals surface area contributed by atoms with Crippen LogP contribution < -0.4 is 5.32 Å². The number of imidazole rings is 1. The van der Waals surface area contributed by atoms with E-state index in [1.807, 2.05) is 0 Å². The van der Waals surface area contributed by atoms with Crippen molar-refractivity contribution in [3.63, 3.8) is 0 Å². The van der Waals surface area contributed by atoms with Gasteiger partial charge in [-0.1, -0.05) is 0 Å². The lowest BCUT2D eigenvalue weighted by atomic mass is 10.1. The lowest BCUT2D eigenvalue weighted by Crippen LogP contribution is -2.15. The number of fused-ring (bicyclic) bond motifs is 1. The highest BCUT2D eigenvalue weighted by Gasteiger charge is 2.18. The molecular weight excluding hydrogens is 359 g/mol. The third-order valence-electron chi connectivity index (χ3n) is 3.84. The van der Waals surface area contributed by atoms with Crippen LogP contribution in [0.25, 0.3) is 16.9 Å². The van der Waals surface area contributed by atoms with Crippen molar-refractivity contribution in [2.75, 3.05) is 5.32 Å². The number of carbonyl (C=O) groups is 1. The van der Waals surface area contributed by atoms with Gasteiger partial charge in [0.15, 0.2) is 28.8 Å². The number of nitrogens with zero attached hydrogens (tertiary/aromatic N) is 4. The average Bonchev–Trinajstić information content (AvgIpc) is 3.10. The molecule has 6 nitrogen and oxygen atoms in total. The summed E-state index contributed by atoms with van der Waals surface area (Å²) in [7, 11) is 0. The molecule has 0 aliphatic carbocycles. The van der Waals surface area contributed by atoms with Gasteiger partial charge in [0.1, 0.15) is 0 Å². The van der Waals surface area contributed by atoms with E-state index >= 15 is 0 Å². The quantitative estimate of drug-likeness (QED) is 0.562. The predicted octanol–water partition coefficient (Wildman–Crippen LogP) is 3.46. The molecule has 1 amide bonds. The number of hydrogen-bond donors (Lipinski definition) is 1. The van der Waals surface area contributed by atoms with Crippen LogP contribution in [0.3, 0.4) is 0 Å². The molecule has 134 valence electrons. The summed E-state index contributed by atoms with van der Waals surface area (Å²) in [6.45, 7) is 0. The molecule has 0 aliphatic rings. The normalized spacial score (nSPS) is 10.9. The van der Waals surface area contributed by atoms with Gasteiger partial charge < -0.3 is 5.32 Å². The molecule has 0 saturated carbocycles. The van der Waals surface area contributed by atoms with Crippen LogP contribution in [0.1, 0.15) is 10.5 Å². The van der Waals surface area contributed by atoms with E-state index in [1.54, 1.807) is 12.1 Å². The number of rotatable bonds is 3. The van der Waals surface area contributed by atoms with Crippen molar-refractivity contribution in [3.05, 3.63) is 78.1 Å². The topological polar surface area (TPSA) is 72.2 Å². The molecule has 0 saturated heterocycles. The summed E-state index contributed by atoms with van der Waals surface area (Å²) in [4.78, 5) is 20.4. The highest BCUT2D eigenvalue weighted by molar-refractivity contribution is 6.03. The Labute approximate surface area is 150 Å². The van der Waals surface area contributed by atoms with Crippen LogP contribution in [-0.2, 0) is 0 Å². The van der Waals surface area contributed by atoms with Gasteiger partial charge in [0.25, 0.3) is 5.91 Å². The average molecular weight is 369 g/mol. The zero-order chi connectivity index (χ0) is 19.0. The Morgan fingerprint density at radius 3 is 2.52 bits per heavy atom. The van der Waals surface area contributed by atoms with Gasteiger partial charge in [-0.25, -0.2) is 22.7 Å². The first-order valence-electron chi connectivity index (χ1n) is 7.74. The second-order valence-corrected chi connectivity index (χ2v) is 5.54. The minimum atomic E-state index is -1.59. The standard InChI is InChI=1S/C18H10F3N5O/c19-12-2-1-11(16(20)17(12)21)13-3-4-15-23-9-14(26(15)25-13)18(27)24-10-5-7-22-8-6-10/h1-9H,(H,22,24,27). The highest BCUT2D eigenvalue weighted by Crippen LogP contribution is 2.25. The second-order valence-electron chi connectivity index (χ2n) is 5.54. The van der Waals surface area contributed by atoms with Crippen LogP contribution in [0.5, 0.6) is 0 Å². The number of pyridine rings is 1. The van der Waals surface area contributed by atoms with Gasteiger partial charge in [-0.15, -0.1) is 0 Å². The fourth-order valence-corrected chi connectivity index (χ4v) is 2.53. The van der Waals surface area contributed by atoms with Gasteiger partial charge >= 0.3 is 0 Å². The Morgan fingerprint density at radius 2 is 1.74 bits per heavy atom. The summed E-state index contributed by atoms with van der Waals surface area (Å²) >= 11 is 0. The minimum absolute atomic E-state index is 0.0230. The molecule has 4 aromatic rings. The molecule has 3 aromatic heterocycles. The number of anilines is 1. The maximum Gasteiger partial charge on any atom is 0.276 e. The summed E-state index contributed by atoms with van der Waals surface area (Å²) < 4.78 is 41.9. The van der Waals surface area contributed by atoms with E-state index < -0.39 is 23.4 Å². The zero-order valence-electron chi connectivity index (χ0n) is 13.5. The molecule has 1 aromatic carbocycles. The van der Waals surface area contributed by atoms with Crippen molar-refractivity contribution in [3.8, 4) is 11.3 Å². The number of hydrogen-bond acceptors (Lipinski definition) is 4. The minimum Gasteiger partial charge on any atom is -0.320 e. The van der Waals surface area contributed by atoms with E-state index in [2.05, 4.69) is 20.4 Å². The smallest absolute Gasteiger partial charge is 0.276 e. The van der Waals surface area contributed by atoms with E-state index in [-0.39, 0.29) is 17.0 Å². The van der Waals surface area contributed by atoms with Crippen LogP contribution in [0.15, 0.2) is 55.0 Å². The van der Waals surface area contributed by atoms with Gasteiger partial charge in [0, 0.05) is 23.6 Å². The Balaban J connectivity index is 1.76. The summed E-state index contributed by atoms with van der Waals surface area (Å²) in [6.07, 6.45) is 4.35. The fraction of sp³-hybridized carbons (Fsp3) is 0. The SMILES string of the molecule is O=C(Nc1ccncc1)c1cnc2ccc(-c3ccc(F)c(F)c3F)nn12. The fourth-order valence-electron chi connectivity index (χ4n) is 2.53. The predicted molar refractivity (Wildman–Crippen MR) is 90.5 cm³/mol. The van der Waals surface area contributed by atoms with Crippen molar-refractivity contribution in [2.24, 2.45) is 0 Å².